The molecule has 0 unspecified atom stereocenters. The van der Waals surface area contributed by atoms with Gasteiger partial charge in [-0.25, -0.2) is 4.98 Å². The number of pyridine rings is 1. The molecule has 9 heteroatoms. The lowest BCUT2D eigenvalue weighted by Gasteiger charge is -2.03. The van der Waals surface area contributed by atoms with Crippen LogP contribution in [0.5, 0.6) is 0 Å². The van der Waals surface area contributed by atoms with Crippen molar-refractivity contribution in [2.45, 2.75) is 0 Å². The molecule has 0 fully saturated rings. The molecule has 88 valence electrons. The Bertz CT molecular complexity index is 567. The number of tetrazole rings is 1. The van der Waals surface area contributed by atoms with Gasteiger partial charge in [0, 0.05) is 6.20 Å². The smallest absolute Gasteiger partial charge is 0.270 e. The molecule has 2 heterocycles. The third-order valence-corrected chi connectivity index (χ3v) is 2.16. The maximum atomic E-state index is 11.8. The van der Waals surface area contributed by atoms with Crippen molar-refractivity contribution in [3.05, 3.63) is 22.8 Å². The van der Waals surface area contributed by atoms with Crippen molar-refractivity contribution >= 4 is 29.3 Å². The van der Waals surface area contributed by atoms with Gasteiger partial charge < -0.3 is 5.73 Å². The molecule has 0 saturated heterocycles. The minimum Gasteiger partial charge on any atom is -0.384 e. The van der Waals surface area contributed by atoms with Crippen LogP contribution in [-0.4, -0.2) is 31.1 Å². The number of carbonyl (C=O) groups is 1. The van der Waals surface area contributed by atoms with Gasteiger partial charge in [0.25, 0.3) is 11.9 Å². The van der Waals surface area contributed by atoms with Gasteiger partial charge in [0.05, 0.1) is 17.6 Å². The van der Waals surface area contributed by atoms with Gasteiger partial charge in [-0.15, -0.1) is 5.10 Å². The molecule has 2 aromatic rings. The van der Waals surface area contributed by atoms with Crippen LogP contribution in [0.15, 0.2) is 12.3 Å². The summed E-state index contributed by atoms with van der Waals surface area (Å²) in [5.41, 5.74) is 5.67. The molecule has 0 aliphatic rings. The number of halogens is 1. The van der Waals surface area contributed by atoms with E-state index in [1.165, 1.54) is 17.1 Å². The maximum absolute atomic E-state index is 11.8. The third kappa shape index (κ3) is 2.48. The van der Waals surface area contributed by atoms with Crippen LogP contribution in [0, 0.1) is 0 Å². The molecule has 0 aliphatic heterocycles. The minimum atomic E-state index is -0.475. The van der Waals surface area contributed by atoms with E-state index in [-0.39, 0.29) is 22.4 Å². The lowest BCUT2D eigenvalue weighted by molar-refractivity contribution is 0.102. The summed E-state index contributed by atoms with van der Waals surface area (Å²) in [5.74, 6) is -0.187. The number of aromatic nitrogens is 5. The Hall–Kier alpha value is -2.22. The normalized spacial score (nSPS) is 10.2. The van der Waals surface area contributed by atoms with Gasteiger partial charge in [0.2, 0.25) is 0 Å². The zero-order valence-electron chi connectivity index (χ0n) is 8.75. The van der Waals surface area contributed by atoms with Crippen LogP contribution in [-0.2, 0) is 7.05 Å². The number of nitrogens with two attached hydrogens (primary N) is 1. The molecular weight excluding hydrogens is 246 g/mol. The fourth-order valence-corrected chi connectivity index (χ4v) is 1.32. The van der Waals surface area contributed by atoms with Crippen molar-refractivity contribution in [1.29, 1.82) is 0 Å². The Balaban J connectivity index is 2.22. The number of nitrogens with zero attached hydrogens (tertiary/aromatic N) is 5. The summed E-state index contributed by atoms with van der Waals surface area (Å²) in [7, 11) is 1.58. The number of hydrogen-bond acceptors (Lipinski definition) is 6. The van der Waals surface area contributed by atoms with Crippen molar-refractivity contribution in [1.82, 2.24) is 25.2 Å². The molecule has 0 bridgehead atoms. The molecule has 8 nitrogen and oxygen atoms in total. The van der Waals surface area contributed by atoms with Crippen molar-refractivity contribution in [2.24, 2.45) is 7.05 Å². The highest BCUT2D eigenvalue weighted by Crippen LogP contribution is 2.17. The second-order valence-electron chi connectivity index (χ2n) is 3.15. The van der Waals surface area contributed by atoms with E-state index in [0.29, 0.717) is 0 Å². The van der Waals surface area contributed by atoms with Crippen molar-refractivity contribution in [3.63, 3.8) is 0 Å². The van der Waals surface area contributed by atoms with E-state index >= 15 is 0 Å². The van der Waals surface area contributed by atoms with Crippen LogP contribution in [0.4, 0.5) is 11.8 Å². The molecule has 2 rings (SSSR count). The summed E-state index contributed by atoms with van der Waals surface area (Å²) < 4.78 is 0. The van der Waals surface area contributed by atoms with E-state index in [4.69, 9.17) is 17.3 Å². The Labute approximate surface area is 101 Å². The number of anilines is 2. The van der Waals surface area contributed by atoms with Crippen molar-refractivity contribution in [2.75, 3.05) is 11.1 Å². The van der Waals surface area contributed by atoms with Crippen LogP contribution in [0.2, 0.25) is 5.02 Å². The topological polar surface area (TPSA) is 112 Å². The van der Waals surface area contributed by atoms with Gasteiger partial charge in [-0.2, -0.15) is 4.80 Å². The zero-order chi connectivity index (χ0) is 12.4. The second kappa shape index (κ2) is 4.34. The maximum Gasteiger partial charge on any atom is 0.270 e. The Morgan fingerprint density at radius 2 is 2.35 bits per heavy atom. The lowest BCUT2D eigenvalue weighted by Crippen LogP contribution is -2.14. The molecule has 0 spiro atoms. The number of carbonyl (C=O) groups excluding carboxylic acids is 1. The molecule has 3 N–H and O–H groups in total. The van der Waals surface area contributed by atoms with Crippen LogP contribution in [0.1, 0.15) is 10.4 Å². The van der Waals surface area contributed by atoms with E-state index in [1.54, 1.807) is 7.05 Å². The molecule has 17 heavy (non-hydrogen) atoms. The number of rotatable bonds is 2. The molecular formula is C8H8ClN7O. The number of aryl methyl sites for hydroxylation is 1. The first-order chi connectivity index (χ1) is 8.06. The fourth-order valence-electron chi connectivity index (χ4n) is 1.13. The highest BCUT2D eigenvalue weighted by molar-refractivity contribution is 6.34. The van der Waals surface area contributed by atoms with E-state index in [0.717, 1.165) is 0 Å². The van der Waals surface area contributed by atoms with Crippen molar-refractivity contribution in [3.8, 4) is 0 Å². The molecule has 1 amide bonds. The summed E-state index contributed by atoms with van der Waals surface area (Å²) in [6.07, 6.45) is 1.30. The van der Waals surface area contributed by atoms with Gasteiger partial charge in [0.15, 0.2) is 0 Å². The van der Waals surface area contributed by atoms with E-state index < -0.39 is 5.91 Å². The van der Waals surface area contributed by atoms with E-state index in [9.17, 15) is 4.79 Å². The lowest BCUT2D eigenvalue weighted by atomic mass is 10.2. The largest absolute Gasteiger partial charge is 0.384 e. The average molecular weight is 254 g/mol. The SMILES string of the molecule is Cn1nnc(NC(=O)c2cc(N)ncc2Cl)n1. The molecule has 0 radical (unpaired) electrons. The monoisotopic (exact) mass is 253 g/mol. The fraction of sp³-hybridized carbons (Fsp3) is 0.125. The predicted octanol–water partition coefficient (Wildman–Crippen LogP) is 0.0930. The molecule has 2 aromatic heterocycles. The van der Waals surface area contributed by atoms with Gasteiger partial charge in [-0.3, -0.25) is 10.1 Å². The van der Waals surface area contributed by atoms with Crippen LogP contribution >= 0.6 is 11.6 Å². The van der Waals surface area contributed by atoms with Gasteiger partial charge in [0.1, 0.15) is 5.82 Å². The highest BCUT2D eigenvalue weighted by atomic mass is 35.5. The molecule has 0 aliphatic carbocycles. The summed E-state index contributed by atoms with van der Waals surface area (Å²) in [4.78, 5) is 16.8. The van der Waals surface area contributed by atoms with Gasteiger partial charge in [-0.05, 0) is 11.3 Å². The molecule has 0 saturated carbocycles. The number of hydrogen-bond donors (Lipinski definition) is 2. The number of nitrogen functional groups attached to an aromatic ring is 1. The van der Waals surface area contributed by atoms with Gasteiger partial charge in [-0.1, -0.05) is 16.7 Å². The minimum absolute atomic E-state index is 0.0870. The first-order valence-corrected chi connectivity index (χ1v) is 4.90. The summed E-state index contributed by atoms with van der Waals surface area (Å²) in [5, 5.41) is 13.6. The van der Waals surface area contributed by atoms with Gasteiger partial charge >= 0.3 is 0 Å². The Morgan fingerprint density at radius 3 is 3.00 bits per heavy atom. The van der Waals surface area contributed by atoms with Crippen molar-refractivity contribution < 1.29 is 4.79 Å². The number of amides is 1. The Morgan fingerprint density at radius 1 is 1.59 bits per heavy atom. The summed E-state index contributed by atoms with van der Waals surface area (Å²) >= 11 is 5.82. The quantitative estimate of drug-likeness (QED) is 0.785. The van der Waals surface area contributed by atoms with E-state index in [2.05, 4.69) is 25.7 Å². The van der Waals surface area contributed by atoms with Crippen LogP contribution < -0.4 is 11.1 Å². The second-order valence-corrected chi connectivity index (χ2v) is 3.55. The predicted molar refractivity (Wildman–Crippen MR) is 60.4 cm³/mol. The first kappa shape index (κ1) is 11.3. The average Bonchev–Trinajstić information content (AvgIpc) is 2.67. The van der Waals surface area contributed by atoms with Crippen LogP contribution in [0.3, 0.4) is 0 Å². The third-order valence-electron chi connectivity index (χ3n) is 1.85. The zero-order valence-corrected chi connectivity index (χ0v) is 9.51. The van der Waals surface area contributed by atoms with E-state index in [1.807, 2.05) is 0 Å². The number of nitrogens with one attached hydrogen (secondary N) is 1. The molecule has 0 atom stereocenters. The Kier molecular flexibility index (Phi) is 2.88. The van der Waals surface area contributed by atoms with Crippen LogP contribution in [0.25, 0.3) is 0 Å². The summed E-state index contributed by atoms with van der Waals surface area (Å²) in [6, 6.07) is 1.37. The first-order valence-electron chi connectivity index (χ1n) is 4.52. The summed E-state index contributed by atoms with van der Waals surface area (Å²) in [6.45, 7) is 0. The standard InChI is InChI=1S/C8H8ClN7O/c1-16-14-8(13-15-16)12-7(17)4-2-6(10)11-3-5(4)9/h2-3H,1H3,(H2,10,11)(H,12,14,17). The molecule has 0 aromatic carbocycles. The highest BCUT2D eigenvalue weighted by Gasteiger charge is 2.13.